The minimum absolute atomic E-state index is 0.150. The van der Waals surface area contributed by atoms with Gasteiger partial charge in [-0.2, -0.15) is 0 Å². The van der Waals surface area contributed by atoms with Gasteiger partial charge in [0, 0.05) is 5.66 Å². The molecule has 2 N–H and O–H groups in total. The first-order valence-corrected chi connectivity index (χ1v) is 7.22. The maximum Gasteiger partial charge on any atom is 0.168 e. The molecule has 3 heteroatoms. The van der Waals surface area contributed by atoms with Crippen molar-refractivity contribution in [3.8, 4) is 0 Å². The lowest BCUT2D eigenvalue weighted by Crippen LogP contribution is -2.16. The van der Waals surface area contributed by atoms with Crippen molar-refractivity contribution >= 4 is 8.38 Å². The zero-order valence-electron chi connectivity index (χ0n) is 9.63. The van der Waals surface area contributed by atoms with Crippen LogP contribution in [0, 0.1) is 6.92 Å². The number of benzene rings is 1. The Kier molecular flexibility index (Phi) is 3.96. The Morgan fingerprint density at radius 1 is 1.00 bits per heavy atom. The van der Waals surface area contributed by atoms with E-state index in [2.05, 4.69) is 31.2 Å². The molecule has 2 rings (SSSR count). The third-order valence-electron chi connectivity index (χ3n) is 3.57. The predicted molar refractivity (Wildman–Crippen MR) is 67.5 cm³/mol. The smallest absolute Gasteiger partial charge is 0.168 e. The monoisotopic (exact) mass is 238 g/mol. The van der Waals surface area contributed by atoms with E-state index in [1.54, 1.807) is 0 Å². The molecule has 1 aliphatic carbocycles. The van der Waals surface area contributed by atoms with E-state index < -0.39 is 8.38 Å². The molecule has 0 atom stereocenters. The quantitative estimate of drug-likeness (QED) is 0.776. The molecular formula is C13H19O2P. The Morgan fingerprint density at radius 3 is 2.06 bits per heavy atom. The van der Waals surface area contributed by atoms with Gasteiger partial charge >= 0.3 is 0 Å². The van der Waals surface area contributed by atoms with Gasteiger partial charge in [0.2, 0.25) is 0 Å². The SMILES string of the molecule is Cc1ccc(C2CCC(P(O)O)CC2)cc1. The Hall–Kier alpha value is -0.430. The van der Waals surface area contributed by atoms with E-state index in [1.807, 2.05) is 0 Å². The average Bonchev–Trinajstić information content (AvgIpc) is 2.30. The zero-order valence-corrected chi connectivity index (χ0v) is 10.5. The summed E-state index contributed by atoms with van der Waals surface area (Å²) in [6.45, 7) is 2.10. The second-order valence-corrected chi connectivity index (χ2v) is 6.11. The van der Waals surface area contributed by atoms with Crippen molar-refractivity contribution in [2.75, 3.05) is 0 Å². The molecule has 1 fully saturated rings. The standard InChI is InChI=1S/C13H19O2P/c1-10-2-4-11(5-3-10)12-6-8-13(9-7-12)16(14)15/h2-5,12-15H,6-9H2,1H3. The topological polar surface area (TPSA) is 40.5 Å². The van der Waals surface area contributed by atoms with Crippen molar-refractivity contribution in [2.24, 2.45) is 0 Å². The fourth-order valence-electron chi connectivity index (χ4n) is 2.48. The highest BCUT2D eigenvalue weighted by atomic mass is 31.2. The van der Waals surface area contributed by atoms with Gasteiger partial charge < -0.3 is 9.79 Å². The van der Waals surface area contributed by atoms with E-state index in [9.17, 15) is 9.79 Å². The normalized spacial score (nSPS) is 26.0. The lowest BCUT2D eigenvalue weighted by Gasteiger charge is -2.29. The summed E-state index contributed by atoms with van der Waals surface area (Å²) in [4.78, 5) is 18.4. The van der Waals surface area contributed by atoms with Crippen molar-refractivity contribution in [3.63, 3.8) is 0 Å². The lowest BCUT2D eigenvalue weighted by atomic mass is 9.83. The van der Waals surface area contributed by atoms with Crippen LogP contribution in [0.25, 0.3) is 0 Å². The molecular weight excluding hydrogens is 219 g/mol. The summed E-state index contributed by atoms with van der Waals surface area (Å²) >= 11 is 0. The Labute approximate surface area is 98.2 Å². The highest BCUT2D eigenvalue weighted by molar-refractivity contribution is 7.45. The van der Waals surface area contributed by atoms with Crippen LogP contribution >= 0.6 is 8.38 Å². The number of hydrogen-bond acceptors (Lipinski definition) is 2. The Balaban J connectivity index is 1.96. The minimum atomic E-state index is -1.71. The molecule has 0 amide bonds. The van der Waals surface area contributed by atoms with Gasteiger partial charge in [-0.15, -0.1) is 0 Å². The van der Waals surface area contributed by atoms with Gasteiger partial charge in [-0.3, -0.25) is 0 Å². The first-order chi connectivity index (χ1) is 7.66. The van der Waals surface area contributed by atoms with Crippen molar-refractivity contribution in [3.05, 3.63) is 35.4 Å². The maximum atomic E-state index is 9.19. The predicted octanol–water partition coefficient (Wildman–Crippen LogP) is 3.32. The molecule has 0 unspecified atom stereocenters. The second-order valence-electron chi connectivity index (χ2n) is 4.74. The number of rotatable bonds is 2. The van der Waals surface area contributed by atoms with Crippen LogP contribution in [-0.4, -0.2) is 15.4 Å². The molecule has 1 saturated carbocycles. The molecule has 16 heavy (non-hydrogen) atoms. The van der Waals surface area contributed by atoms with Crippen LogP contribution < -0.4 is 0 Å². The molecule has 1 aromatic rings. The van der Waals surface area contributed by atoms with Crippen LogP contribution in [0.1, 0.15) is 42.7 Å². The molecule has 0 heterocycles. The van der Waals surface area contributed by atoms with E-state index in [-0.39, 0.29) is 5.66 Å². The summed E-state index contributed by atoms with van der Waals surface area (Å²) in [5, 5.41) is 0. The van der Waals surface area contributed by atoms with Gasteiger partial charge in [0.1, 0.15) is 0 Å². The van der Waals surface area contributed by atoms with Crippen molar-refractivity contribution in [1.29, 1.82) is 0 Å². The van der Waals surface area contributed by atoms with Gasteiger partial charge in [0.05, 0.1) is 0 Å². The van der Waals surface area contributed by atoms with Gasteiger partial charge in [-0.25, -0.2) is 0 Å². The first-order valence-electron chi connectivity index (χ1n) is 5.90. The molecule has 0 bridgehead atoms. The minimum Gasteiger partial charge on any atom is -0.350 e. The highest BCUT2D eigenvalue weighted by Crippen LogP contribution is 2.44. The van der Waals surface area contributed by atoms with Crippen LogP contribution in [0.3, 0.4) is 0 Å². The van der Waals surface area contributed by atoms with E-state index in [4.69, 9.17) is 0 Å². The molecule has 0 aliphatic heterocycles. The summed E-state index contributed by atoms with van der Waals surface area (Å²) in [6.07, 6.45) is 4.09. The van der Waals surface area contributed by atoms with E-state index in [1.165, 1.54) is 11.1 Å². The van der Waals surface area contributed by atoms with Gasteiger partial charge in [-0.05, 0) is 44.1 Å². The summed E-state index contributed by atoms with van der Waals surface area (Å²) in [5.74, 6) is 0.617. The molecule has 0 spiro atoms. The average molecular weight is 238 g/mol. The van der Waals surface area contributed by atoms with Crippen molar-refractivity contribution < 1.29 is 9.79 Å². The van der Waals surface area contributed by atoms with Crippen LogP contribution in [0.15, 0.2) is 24.3 Å². The van der Waals surface area contributed by atoms with Crippen LogP contribution in [0.4, 0.5) is 0 Å². The lowest BCUT2D eigenvalue weighted by molar-refractivity contribution is 0.396. The van der Waals surface area contributed by atoms with Crippen LogP contribution in [0.2, 0.25) is 0 Å². The van der Waals surface area contributed by atoms with E-state index in [0.717, 1.165) is 25.7 Å². The maximum absolute atomic E-state index is 9.19. The Morgan fingerprint density at radius 2 is 1.56 bits per heavy atom. The molecule has 2 nitrogen and oxygen atoms in total. The van der Waals surface area contributed by atoms with Crippen molar-refractivity contribution in [1.82, 2.24) is 0 Å². The number of aryl methyl sites for hydroxylation is 1. The van der Waals surface area contributed by atoms with E-state index >= 15 is 0 Å². The van der Waals surface area contributed by atoms with Crippen LogP contribution in [-0.2, 0) is 0 Å². The molecule has 1 aromatic carbocycles. The first kappa shape index (κ1) is 12.0. The fourth-order valence-corrected chi connectivity index (χ4v) is 3.24. The molecule has 1 aliphatic rings. The largest absolute Gasteiger partial charge is 0.350 e. The fraction of sp³-hybridized carbons (Fsp3) is 0.538. The molecule has 0 radical (unpaired) electrons. The second kappa shape index (κ2) is 5.27. The molecule has 88 valence electrons. The summed E-state index contributed by atoms with van der Waals surface area (Å²) < 4.78 is 0. The number of hydrogen-bond donors (Lipinski definition) is 2. The van der Waals surface area contributed by atoms with Crippen LogP contribution in [0.5, 0.6) is 0 Å². The van der Waals surface area contributed by atoms with Gasteiger partial charge in [0.15, 0.2) is 8.38 Å². The van der Waals surface area contributed by atoms with Crippen molar-refractivity contribution in [2.45, 2.75) is 44.2 Å². The third-order valence-corrected chi connectivity index (χ3v) is 4.74. The van der Waals surface area contributed by atoms with E-state index in [0.29, 0.717) is 5.92 Å². The highest BCUT2D eigenvalue weighted by Gasteiger charge is 2.26. The molecule has 0 aromatic heterocycles. The zero-order chi connectivity index (χ0) is 11.5. The third kappa shape index (κ3) is 2.82. The van der Waals surface area contributed by atoms with Gasteiger partial charge in [-0.1, -0.05) is 29.8 Å². The summed E-state index contributed by atoms with van der Waals surface area (Å²) in [7, 11) is -1.71. The summed E-state index contributed by atoms with van der Waals surface area (Å²) in [6, 6.07) is 8.74. The summed E-state index contributed by atoms with van der Waals surface area (Å²) in [5.41, 5.74) is 2.85. The Bertz CT molecular complexity index is 326. The molecule has 0 saturated heterocycles. The van der Waals surface area contributed by atoms with Gasteiger partial charge in [0.25, 0.3) is 0 Å².